The highest BCUT2D eigenvalue weighted by molar-refractivity contribution is 5.37. The van der Waals surface area contributed by atoms with Gasteiger partial charge in [0.2, 0.25) is 0 Å². The van der Waals surface area contributed by atoms with Crippen LogP contribution in [0.1, 0.15) is 51.7 Å². The SMILES string of the molecule is CC1CC(OC2COc3ccccc3C2O)CC(C)(C)C1. The van der Waals surface area contributed by atoms with Gasteiger partial charge in [0, 0.05) is 5.56 Å². The molecule has 0 aromatic heterocycles. The summed E-state index contributed by atoms with van der Waals surface area (Å²) in [5.41, 5.74) is 1.16. The second-order valence-electron chi connectivity index (χ2n) is 7.50. The molecule has 2 aliphatic rings. The molecule has 1 aliphatic heterocycles. The molecule has 116 valence electrons. The Hall–Kier alpha value is -1.06. The minimum absolute atomic E-state index is 0.220. The van der Waals surface area contributed by atoms with Crippen molar-refractivity contribution in [3.8, 4) is 5.75 Å². The molecule has 1 aromatic rings. The highest BCUT2D eigenvalue weighted by Gasteiger charge is 2.37. The van der Waals surface area contributed by atoms with Crippen LogP contribution in [-0.4, -0.2) is 23.9 Å². The van der Waals surface area contributed by atoms with E-state index in [1.54, 1.807) is 0 Å². The van der Waals surface area contributed by atoms with Gasteiger partial charge < -0.3 is 14.6 Å². The Morgan fingerprint density at radius 2 is 2.00 bits per heavy atom. The van der Waals surface area contributed by atoms with E-state index in [-0.39, 0.29) is 12.2 Å². The Kier molecular flexibility index (Phi) is 3.98. The Bertz CT molecular complexity index is 497. The summed E-state index contributed by atoms with van der Waals surface area (Å²) in [7, 11) is 0. The lowest BCUT2D eigenvalue weighted by molar-refractivity contribution is -0.129. The lowest BCUT2D eigenvalue weighted by Crippen LogP contribution is -2.40. The molecular formula is C18H26O3. The van der Waals surface area contributed by atoms with E-state index in [0.717, 1.165) is 24.2 Å². The summed E-state index contributed by atoms with van der Waals surface area (Å²) in [6.45, 7) is 7.34. The number of fused-ring (bicyclic) bond motifs is 1. The molecule has 21 heavy (non-hydrogen) atoms. The Morgan fingerprint density at radius 1 is 1.24 bits per heavy atom. The van der Waals surface area contributed by atoms with Gasteiger partial charge >= 0.3 is 0 Å². The summed E-state index contributed by atoms with van der Waals surface area (Å²) in [6, 6.07) is 7.68. The van der Waals surface area contributed by atoms with Gasteiger partial charge in [0.15, 0.2) is 0 Å². The van der Waals surface area contributed by atoms with Crippen LogP contribution in [0.15, 0.2) is 24.3 Å². The lowest BCUT2D eigenvalue weighted by atomic mass is 9.71. The van der Waals surface area contributed by atoms with E-state index in [1.165, 1.54) is 6.42 Å². The first-order valence-electron chi connectivity index (χ1n) is 8.00. The van der Waals surface area contributed by atoms with E-state index < -0.39 is 6.10 Å². The van der Waals surface area contributed by atoms with Crippen molar-refractivity contribution in [1.82, 2.24) is 0 Å². The van der Waals surface area contributed by atoms with Crippen LogP contribution in [0.5, 0.6) is 5.75 Å². The molecule has 1 heterocycles. The maximum absolute atomic E-state index is 10.5. The molecule has 3 heteroatoms. The third-order valence-corrected chi connectivity index (χ3v) is 4.71. The Labute approximate surface area is 127 Å². The zero-order valence-electron chi connectivity index (χ0n) is 13.2. The van der Waals surface area contributed by atoms with Crippen molar-refractivity contribution in [1.29, 1.82) is 0 Å². The average molecular weight is 290 g/mol. The molecular weight excluding hydrogens is 264 g/mol. The van der Waals surface area contributed by atoms with Crippen LogP contribution in [0.25, 0.3) is 0 Å². The summed E-state index contributed by atoms with van der Waals surface area (Å²) in [4.78, 5) is 0. The first-order valence-corrected chi connectivity index (χ1v) is 8.00. The van der Waals surface area contributed by atoms with Crippen LogP contribution >= 0.6 is 0 Å². The third-order valence-electron chi connectivity index (χ3n) is 4.71. The Morgan fingerprint density at radius 3 is 2.76 bits per heavy atom. The van der Waals surface area contributed by atoms with Crippen LogP contribution < -0.4 is 4.74 Å². The molecule has 1 aromatic carbocycles. The van der Waals surface area contributed by atoms with Crippen LogP contribution in [0.2, 0.25) is 0 Å². The van der Waals surface area contributed by atoms with Crippen molar-refractivity contribution < 1.29 is 14.6 Å². The van der Waals surface area contributed by atoms with Crippen molar-refractivity contribution in [2.24, 2.45) is 11.3 Å². The second kappa shape index (κ2) is 5.62. The minimum atomic E-state index is -0.588. The van der Waals surface area contributed by atoms with Crippen molar-refractivity contribution in [2.75, 3.05) is 6.61 Å². The molecule has 4 unspecified atom stereocenters. The summed E-state index contributed by atoms with van der Waals surface area (Å²) in [5.74, 6) is 1.45. The number of aliphatic hydroxyl groups is 1. The molecule has 3 rings (SSSR count). The van der Waals surface area contributed by atoms with E-state index in [4.69, 9.17) is 9.47 Å². The zero-order chi connectivity index (χ0) is 15.0. The summed E-state index contributed by atoms with van der Waals surface area (Å²) >= 11 is 0. The first-order chi connectivity index (χ1) is 9.94. The van der Waals surface area contributed by atoms with Crippen molar-refractivity contribution in [3.63, 3.8) is 0 Å². The molecule has 0 spiro atoms. The average Bonchev–Trinajstić information content (AvgIpc) is 2.40. The summed E-state index contributed by atoms with van der Waals surface area (Å²) in [5, 5.41) is 10.5. The maximum Gasteiger partial charge on any atom is 0.125 e. The third kappa shape index (κ3) is 3.24. The zero-order valence-corrected chi connectivity index (χ0v) is 13.2. The predicted molar refractivity (Wildman–Crippen MR) is 82.4 cm³/mol. The molecule has 4 atom stereocenters. The molecule has 3 nitrogen and oxygen atoms in total. The van der Waals surface area contributed by atoms with Gasteiger partial charge in [0.05, 0.1) is 6.10 Å². The highest BCUT2D eigenvalue weighted by atomic mass is 16.6. The fraction of sp³-hybridized carbons (Fsp3) is 0.667. The maximum atomic E-state index is 10.5. The van der Waals surface area contributed by atoms with E-state index in [1.807, 2.05) is 24.3 Å². The molecule has 1 aliphatic carbocycles. The Balaban J connectivity index is 1.69. The van der Waals surface area contributed by atoms with Crippen LogP contribution in [0.4, 0.5) is 0 Å². The van der Waals surface area contributed by atoms with Gasteiger partial charge in [-0.05, 0) is 36.7 Å². The summed E-state index contributed by atoms with van der Waals surface area (Å²) < 4.78 is 12.0. The number of rotatable bonds is 2. The van der Waals surface area contributed by atoms with Gasteiger partial charge in [0.25, 0.3) is 0 Å². The predicted octanol–water partition coefficient (Wildman–Crippen LogP) is 3.71. The molecule has 0 bridgehead atoms. The number of aliphatic hydroxyl groups excluding tert-OH is 1. The van der Waals surface area contributed by atoms with Crippen LogP contribution in [0, 0.1) is 11.3 Å². The summed E-state index contributed by atoms with van der Waals surface area (Å²) in [6.07, 6.45) is 2.76. The van der Waals surface area contributed by atoms with Crippen LogP contribution in [0.3, 0.4) is 0 Å². The van der Waals surface area contributed by atoms with E-state index in [0.29, 0.717) is 17.9 Å². The quantitative estimate of drug-likeness (QED) is 0.902. The number of ether oxygens (including phenoxy) is 2. The standard InChI is InChI=1S/C18H26O3/c1-12-8-13(10-18(2,3)9-12)21-16-11-20-15-7-5-4-6-14(15)17(16)19/h4-7,12-13,16-17,19H,8-11H2,1-3H3. The van der Waals surface area contributed by atoms with Gasteiger partial charge in [-0.15, -0.1) is 0 Å². The van der Waals surface area contributed by atoms with Gasteiger partial charge in [-0.2, -0.15) is 0 Å². The molecule has 1 fully saturated rings. The smallest absolute Gasteiger partial charge is 0.125 e. The van der Waals surface area contributed by atoms with Gasteiger partial charge in [-0.1, -0.05) is 39.0 Å². The van der Waals surface area contributed by atoms with E-state index in [9.17, 15) is 5.11 Å². The monoisotopic (exact) mass is 290 g/mol. The second-order valence-corrected chi connectivity index (χ2v) is 7.50. The van der Waals surface area contributed by atoms with Gasteiger partial charge in [-0.3, -0.25) is 0 Å². The molecule has 1 N–H and O–H groups in total. The fourth-order valence-corrected chi connectivity index (χ4v) is 4.04. The number of benzene rings is 1. The number of hydrogen-bond acceptors (Lipinski definition) is 3. The largest absolute Gasteiger partial charge is 0.490 e. The molecule has 0 saturated heterocycles. The van der Waals surface area contributed by atoms with Crippen molar-refractivity contribution >= 4 is 0 Å². The van der Waals surface area contributed by atoms with Crippen molar-refractivity contribution in [3.05, 3.63) is 29.8 Å². The topological polar surface area (TPSA) is 38.7 Å². The first kappa shape index (κ1) is 14.9. The van der Waals surface area contributed by atoms with Crippen molar-refractivity contribution in [2.45, 2.75) is 58.3 Å². The fourth-order valence-electron chi connectivity index (χ4n) is 4.04. The number of hydrogen-bond donors (Lipinski definition) is 1. The molecule has 0 amide bonds. The van der Waals surface area contributed by atoms with Gasteiger partial charge in [-0.25, -0.2) is 0 Å². The molecule has 1 saturated carbocycles. The van der Waals surface area contributed by atoms with E-state index in [2.05, 4.69) is 20.8 Å². The van der Waals surface area contributed by atoms with Crippen LogP contribution in [-0.2, 0) is 4.74 Å². The minimum Gasteiger partial charge on any atom is -0.490 e. The number of para-hydroxylation sites is 1. The highest BCUT2D eigenvalue weighted by Crippen LogP contribution is 2.41. The van der Waals surface area contributed by atoms with E-state index >= 15 is 0 Å². The lowest BCUT2D eigenvalue weighted by Gasteiger charge is -2.41. The molecule has 0 radical (unpaired) electrons. The van der Waals surface area contributed by atoms with Gasteiger partial charge in [0.1, 0.15) is 24.6 Å². The normalized spacial score (nSPS) is 34.9.